The van der Waals surface area contributed by atoms with E-state index in [1.807, 2.05) is 37.1 Å². The van der Waals surface area contributed by atoms with Crippen molar-refractivity contribution in [2.24, 2.45) is 0 Å². The van der Waals surface area contributed by atoms with Crippen molar-refractivity contribution < 1.29 is 0 Å². The summed E-state index contributed by atoms with van der Waals surface area (Å²) >= 11 is 3.47. The minimum absolute atomic E-state index is 0.404. The fourth-order valence-electron chi connectivity index (χ4n) is 1.11. The van der Waals surface area contributed by atoms with Crippen LogP contribution >= 0.6 is 15.9 Å². The minimum Gasteiger partial charge on any atom is -0.360 e. The van der Waals surface area contributed by atoms with Crippen LogP contribution in [0.1, 0.15) is 5.56 Å². The molecule has 0 saturated carbocycles. The highest BCUT2D eigenvalue weighted by Gasteiger charge is 2.04. The number of nitriles is 1. The van der Waals surface area contributed by atoms with Crippen LogP contribution in [0.15, 0.2) is 22.7 Å². The first-order valence-electron chi connectivity index (χ1n) is 3.99. The quantitative estimate of drug-likeness (QED) is 0.742. The Kier molecular flexibility index (Phi) is 3.32. The third-order valence-corrected chi connectivity index (χ3v) is 2.46. The van der Waals surface area contributed by atoms with E-state index in [0.29, 0.717) is 6.54 Å². The van der Waals surface area contributed by atoms with Gasteiger partial charge in [0.05, 0.1) is 11.8 Å². The van der Waals surface area contributed by atoms with Gasteiger partial charge in [0.15, 0.2) is 0 Å². The lowest BCUT2D eigenvalue weighted by atomic mass is 10.2. The summed E-state index contributed by atoms with van der Waals surface area (Å²) in [6.07, 6.45) is 0. The van der Waals surface area contributed by atoms with Gasteiger partial charge in [-0.15, -0.1) is 0 Å². The van der Waals surface area contributed by atoms with Gasteiger partial charge in [-0.1, -0.05) is 6.07 Å². The molecule has 0 aromatic heterocycles. The largest absolute Gasteiger partial charge is 0.360 e. The molecule has 0 saturated heterocycles. The summed E-state index contributed by atoms with van der Waals surface area (Å²) in [5.74, 6) is 0. The van der Waals surface area contributed by atoms with Crippen molar-refractivity contribution in [1.82, 2.24) is 0 Å². The van der Waals surface area contributed by atoms with Gasteiger partial charge in [0.1, 0.15) is 6.54 Å². The summed E-state index contributed by atoms with van der Waals surface area (Å²) in [5, 5.41) is 8.54. The molecule has 0 unspecified atom stereocenters. The topological polar surface area (TPSA) is 27.0 Å². The number of rotatable bonds is 2. The Morgan fingerprint density at radius 3 is 2.77 bits per heavy atom. The molecule has 0 aliphatic heterocycles. The van der Waals surface area contributed by atoms with E-state index < -0.39 is 0 Å². The summed E-state index contributed by atoms with van der Waals surface area (Å²) in [4.78, 5) is 1.91. The van der Waals surface area contributed by atoms with Crippen molar-refractivity contribution in [3.63, 3.8) is 0 Å². The molecule has 0 aliphatic rings. The van der Waals surface area contributed by atoms with Crippen molar-refractivity contribution in [1.29, 1.82) is 5.26 Å². The van der Waals surface area contributed by atoms with E-state index in [1.54, 1.807) is 0 Å². The van der Waals surface area contributed by atoms with E-state index in [4.69, 9.17) is 5.26 Å². The van der Waals surface area contributed by atoms with Crippen LogP contribution in [0.2, 0.25) is 0 Å². The third-order valence-electron chi connectivity index (χ3n) is 1.82. The number of halogens is 1. The predicted octanol–water partition coefficient (Wildman–Crippen LogP) is 2.72. The molecule has 1 rings (SSSR count). The number of hydrogen-bond acceptors (Lipinski definition) is 2. The predicted molar refractivity (Wildman–Crippen MR) is 57.8 cm³/mol. The van der Waals surface area contributed by atoms with Gasteiger partial charge in [-0.05, 0) is 40.5 Å². The first-order valence-corrected chi connectivity index (χ1v) is 4.78. The van der Waals surface area contributed by atoms with Gasteiger partial charge < -0.3 is 4.90 Å². The Morgan fingerprint density at radius 1 is 1.54 bits per heavy atom. The number of aryl methyl sites for hydroxylation is 1. The maximum Gasteiger partial charge on any atom is 0.105 e. The lowest BCUT2D eigenvalue weighted by molar-refractivity contribution is 1.03. The van der Waals surface area contributed by atoms with Gasteiger partial charge in [-0.25, -0.2) is 0 Å². The molecule has 3 heteroatoms. The summed E-state index contributed by atoms with van der Waals surface area (Å²) in [6, 6.07) is 8.20. The maximum atomic E-state index is 8.54. The lowest BCUT2D eigenvalue weighted by Gasteiger charge is -2.17. The van der Waals surface area contributed by atoms with Crippen LogP contribution in [0.3, 0.4) is 0 Å². The second-order valence-corrected chi connectivity index (χ2v) is 3.82. The van der Waals surface area contributed by atoms with Gasteiger partial charge in [0, 0.05) is 11.5 Å². The van der Waals surface area contributed by atoms with Gasteiger partial charge >= 0.3 is 0 Å². The molecule has 13 heavy (non-hydrogen) atoms. The lowest BCUT2D eigenvalue weighted by Crippen LogP contribution is -2.17. The first-order chi connectivity index (χ1) is 6.15. The number of benzene rings is 1. The Morgan fingerprint density at radius 2 is 2.23 bits per heavy atom. The SMILES string of the molecule is Cc1ccc(N(C)CC#N)c(Br)c1. The highest BCUT2D eigenvalue weighted by atomic mass is 79.9. The minimum atomic E-state index is 0.404. The normalized spacial score (nSPS) is 9.38. The maximum absolute atomic E-state index is 8.54. The van der Waals surface area contributed by atoms with Gasteiger partial charge in [-0.2, -0.15) is 5.26 Å². The third kappa shape index (κ3) is 2.46. The first kappa shape index (κ1) is 10.1. The summed E-state index contributed by atoms with van der Waals surface area (Å²) < 4.78 is 1.03. The molecule has 0 amide bonds. The van der Waals surface area contributed by atoms with Gasteiger partial charge in [0.2, 0.25) is 0 Å². The van der Waals surface area contributed by atoms with E-state index in [9.17, 15) is 0 Å². The van der Waals surface area contributed by atoms with Crippen LogP contribution in [0.4, 0.5) is 5.69 Å². The Balaban J connectivity index is 2.96. The molecule has 0 fully saturated rings. The van der Waals surface area contributed by atoms with Crippen molar-refractivity contribution in [2.75, 3.05) is 18.5 Å². The summed E-state index contributed by atoms with van der Waals surface area (Å²) in [5.41, 5.74) is 2.26. The van der Waals surface area contributed by atoms with Crippen LogP contribution in [0.5, 0.6) is 0 Å². The molecule has 68 valence electrons. The molecule has 0 aliphatic carbocycles. The van der Waals surface area contributed by atoms with Crippen LogP contribution in [-0.2, 0) is 0 Å². The molecule has 0 radical (unpaired) electrons. The molecule has 0 N–H and O–H groups in total. The monoisotopic (exact) mass is 238 g/mol. The van der Waals surface area contributed by atoms with Crippen molar-refractivity contribution >= 4 is 21.6 Å². The van der Waals surface area contributed by atoms with Crippen LogP contribution in [0.25, 0.3) is 0 Å². The molecule has 1 aromatic rings. The average molecular weight is 239 g/mol. The molecule has 0 atom stereocenters. The fourth-order valence-corrected chi connectivity index (χ4v) is 1.91. The summed E-state index contributed by atoms with van der Waals surface area (Å²) in [6.45, 7) is 2.44. The van der Waals surface area contributed by atoms with Crippen LogP contribution in [-0.4, -0.2) is 13.6 Å². The molecular weight excluding hydrogens is 228 g/mol. The zero-order chi connectivity index (χ0) is 9.84. The molecular formula is C10H11BrN2. The van der Waals surface area contributed by atoms with E-state index in [1.165, 1.54) is 5.56 Å². The zero-order valence-electron chi connectivity index (χ0n) is 7.71. The number of hydrogen-bond donors (Lipinski definition) is 0. The average Bonchev–Trinajstić information content (AvgIpc) is 2.04. The van der Waals surface area contributed by atoms with E-state index in [2.05, 4.69) is 22.0 Å². The highest BCUT2D eigenvalue weighted by molar-refractivity contribution is 9.10. The summed E-state index contributed by atoms with van der Waals surface area (Å²) in [7, 11) is 1.90. The van der Waals surface area contributed by atoms with Gasteiger partial charge in [0.25, 0.3) is 0 Å². The Hall–Kier alpha value is -1.01. The van der Waals surface area contributed by atoms with Crippen molar-refractivity contribution in [3.05, 3.63) is 28.2 Å². The fraction of sp³-hybridized carbons (Fsp3) is 0.300. The van der Waals surface area contributed by atoms with Gasteiger partial charge in [-0.3, -0.25) is 0 Å². The van der Waals surface area contributed by atoms with E-state index in [-0.39, 0.29) is 0 Å². The second kappa shape index (κ2) is 4.29. The van der Waals surface area contributed by atoms with E-state index in [0.717, 1.165) is 10.2 Å². The highest BCUT2D eigenvalue weighted by Crippen LogP contribution is 2.25. The molecule has 1 aromatic carbocycles. The van der Waals surface area contributed by atoms with Crippen molar-refractivity contribution in [2.45, 2.75) is 6.92 Å². The number of anilines is 1. The Bertz CT molecular complexity index is 341. The van der Waals surface area contributed by atoms with Crippen LogP contribution in [0, 0.1) is 18.3 Å². The standard InChI is InChI=1S/C10H11BrN2/c1-8-3-4-10(9(11)7-8)13(2)6-5-12/h3-4,7H,6H2,1-2H3. The molecule has 0 spiro atoms. The number of nitrogens with zero attached hydrogens (tertiary/aromatic N) is 2. The van der Waals surface area contributed by atoms with Crippen LogP contribution < -0.4 is 4.90 Å². The molecule has 2 nitrogen and oxygen atoms in total. The second-order valence-electron chi connectivity index (χ2n) is 2.97. The smallest absolute Gasteiger partial charge is 0.105 e. The molecule has 0 heterocycles. The van der Waals surface area contributed by atoms with E-state index >= 15 is 0 Å². The Labute approximate surface area is 86.9 Å². The zero-order valence-corrected chi connectivity index (χ0v) is 9.30. The van der Waals surface area contributed by atoms with Crippen molar-refractivity contribution in [3.8, 4) is 6.07 Å². The molecule has 0 bridgehead atoms.